The van der Waals surface area contributed by atoms with Crippen molar-refractivity contribution in [2.75, 3.05) is 0 Å². The van der Waals surface area contributed by atoms with Crippen LogP contribution in [0.25, 0.3) is 0 Å². The summed E-state index contributed by atoms with van der Waals surface area (Å²) < 4.78 is 53.8. The third-order valence-corrected chi connectivity index (χ3v) is 2.49. The zero-order valence-electron chi connectivity index (χ0n) is 4.67. The molecule has 0 rings (SSSR count). The van der Waals surface area contributed by atoms with Crippen LogP contribution in [0.1, 0.15) is 0 Å². The molecule has 0 bridgehead atoms. The van der Waals surface area contributed by atoms with Crippen molar-refractivity contribution < 1.29 is 48.3 Å². The Balaban J connectivity index is 0. The van der Waals surface area contributed by atoms with Gasteiger partial charge in [0.25, 0.3) is 0 Å². The summed E-state index contributed by atoms with van der Waals surface area (Å²) >= 11 is 0. The van der Waals surface area contributed by atoms with Crippen LogP contribution in [0.15, 0.2) is 0 Å². The van der Waals surface area contributed by atoms with Crippen LogP contribution in [-0.2, 0) is 43.0 Å². The maximum Gasteiger partial charge on any atom is 0.364 e. The first-order chi connectivity index (χ1) is 4.15. The summed E-state index contributed by atoms with van der Waals surface area (Å²) in [5, 5.41) is 0. The van der Waals surface area contributed by atoms with Crippen LogP contribution < -0.4 is 5.84 Å². The second kappa shape index (κ2) is 3.93. The van der Waals surface area contributed by atoms with Crippen LogP contribution in [-0.4, -0.2) is 29.8 Å². The van der Waals surface area contributed by atoms with E-state index in [1.807, 2.05) is 0 Å². The number of hydrogen-bond acceptors (Lipinski definition) is 5. The van der Waals surface area contributed by atoms with E-state index in [1.165, 1.54) is 0 Å². The van der Waals surface area contributed by atoms with Crippen molar-refractivity contribution in [3.05, 3.63) is 0 Å². The molecule has 1 radical (unpaired) electrons. The fourth-order valence-electron chi connectivity index (χ4n) is 0.119. The Morgan fingerprint density at radius 2 is 1.18 bits per heavy atom. The number of nitrogens with two attached hydrogens (primary N) is 1. The van der Waals surface area contributed by atoms with Crippen molar-refractivity contribution in [2.24, 2.45) is 5.84 Å². The Hall–Kier alpha value is 0.480. The summed E-state index contributed by atoms with van der Waals surface area (Å²) in [5.74, 6) is 4.19. The third kappa shape index (κ3) is 4.84. The number of nitrogens with zero attached hydrogens (tertiary/aromatic N) is 1. The normalized spacial score (nSPS) is 12.7. The summed E-state index contributed by atoms with van der Waals surface area (Å²) in [7, 11) is -10.2. The van der Waals surface area contributed by atoms with Gasteiger partial charge in [-0.1, -0.05) is 0 Å². The molecule has 11 heavy (non-hydrogen) atoms. The van der Waals surface area contributed by atoms with Crippen LogP contribution in [0, 0.1) is 0 Å². The van der Waals surface area contributed by atoms with Crippen LogP contribution >= 0.6 is 0 Å². The smallest absolute Gasteiger partial charge is 0.272 e. The molecule has 0 aromatic carbocycles. The molecule has 0 aromatic rings. The summed E-state index contributed by atoms with van der Waals surface area (Å²) in [6.45, 7) is 0. The van der Waals surface area contributed by atoms with E-state index in [9.17, 15) is 16.8 Å². The SMILES string of the molecule is NN(S(=O)(=O)O)S(=O)(=O)O.[Ag]. The molecule has 0 amide bonds. The zero-order chi connectivity index (χ0) is 8.58. The van der Waals surface area contributed by atoms with E-state index >= 15 is 0 Å². The largest absolute Gasteiger partial charge is 0.364 e. The molecule has 0 spiro atoms. The summed E-state index contributed by atoms with van der Waals surface area (Å²) in [6.07, 6.45) is 0. The molecule has 0 aromatic heterocycles. The van der Waals surface area contributed by atoms with Gasteiger partial charge in [0.05, 0.1) is 0 Å². The average molecular weight is 300 g/mol. The molecule has 4 N–H and O–H groups in total. The molecule has 8 nitrogen and oxygen atoms in total. The van der Waals surface area contributed by atoms with Crippen molar-refractivity contribution in [2.45, 2.75) is 0 Å². The van der Waals surface area contributed by atoms with Gasteiger partial charge in [-0.25, -0.2) is 5.84 Å². The molecule has 0 fully saturated rings. The Labute approximate surface area is 78.6 Å². The predicted octanol–water partition coefficient (Wildman–Crippen LogP) is -2.23. The first-order valence-corrected chi connectivity index (χ1v) is 4.45. The van der Waals surface area contributed by atoms with Gasteiger partial charge in [-0.2, -0.15) is 16.8 Å². The minimum Gasteiger partial charge on any atom is -0.272 e. The first kappa shape index (κ1) is 14.0. The van der Waals surface area contributed by atoms with E-state index in [-0.39, 0.29) is 22.4 Å². The van der Waals surface area contributed by atoms with Crippen molar-refractivity contribution >= 4 is 20.6 Å². The Bertz CT molecular complexity index is 267. The standard InChI is InChI=1S/Ag.H4N2O6S2/c;1-2(9(3,4)5)10(6,7)8/h;1H2,(H,3,4,5)(H,6,7,8). The van der Waals surface area contributed by atoms with Gasteiger partial charge in [0, 0.05) is 26.2 Å². The van der Waals surface area contributed by atoms with Crippen LogP contribution in [0.3, 0.4) is 0 Å². The molecular weight excluding hydrogens is 296 g/mol. The predicted molar refractivity (Wildman–Crippen MR) is 29.1 cm³/mol. The number of hydrogen-bond donors (Lipinski definition) is 3. The van der Waals surface area contributed by atoms with Crippen molar-refractivity contribution in [1.82, 2.24) is 3.82 Å². The van der Waals surface area contributed by atoms with E-state index in [4.69, 9.17) is 9.11 Å². The fourth-order valence-corrected chi connectivity index (χ4v) is 1.07. The molecule has 0 saturated heterocycles. The molecule has 0 heterocycles. The van der Waals surface area contributed by atoms with Crippen LogP contribution in [0.5, 0.6) is 0 Å². The van der Waals surface area contributed by atoms with Gasteiger partial charge in [0.15, 0.2) is 0 Å². The molecule has 11 heteroatoms. The topological polar surface area (TPSA) is 138 Å². The van der Waals surface area contributed by atoms with Gasteiger partial charge >= 0.3 is 20.6 Å². The van der Waals surface area contributed by atoms with Gasteiger partial charge < -0.3 is 0 Å². The van der Waals surface area contributed by atoms with Crippen molar-refractivity contribution in [3.63, 3.8) is 0 Å². The minimum atomic E-state index is -5.09. The van der Waals surface area contributed by atoms with Gasteiger partial charge in [-0.15, -0.1) is 0 Å². The Morgan fingerprint density at radius 3 is 1.18 bits per heavy atom. The second-order valence-corrected chi connectivity index (χ2v) is 3.99. The summed E-state index contributed by atoms with van der Waals surface area (Å²) in [4.78, 5) is 0. The van der Waals surface area contributed by atoms with Gasteiger partial charge in [-0.05, 0) is 0 Å². The van der Waals surface area contributed by atoms with E-state index in [0.29, 0.717) is 0 Å². The van der Waals surface area contributed by atoms with E-state index in [2.05, 4.69) is 5.84 Å². The van der Waals surface area contributed by atoms with Crippen molar-refractivity contribution in [1.29, 1.82) is 0 Å². The van der Waals surface area contributed by atoms with Gasteiger partial charge in [0.2, 0.25) is 0 Å². The summed E-state index contributed by atoms with van der Waals surface area (Å²) in [6, 6.07) is 0. The molecule has 0 aliphatic heterocycles. The molecule has 73 valence electrons. The Morgan fingerprint density at radius 1 is 1.00 bits per heavy atom. The molecule has 0 saturated carbocycles. The number of hydrazine groups is 1. The average Bonchev–Trinajstić information content (AvgIpc) is 1.59. The Kier molecular flexibility index (Phi) is 5.01. The summed E-state index contributed by atoms with van der Waals surface area (Å²) in [5.41, 5.74) is 0. The second-order valence-electron chi connectivity index (χ2n) is 1.18. The molecule has 0 unspecified atom stereocenters. The molecule has 0 aliphatic rings. The fraction of sp³-hybridized carbons (Fsp3) is 0. The van der Waals surface area contributed by atoms with Gasteiger partial charge in [0.1, 0.15) is 0 Å². The maximum absolute atomic E-state index is 9.80. The van der Waals surface area contributed by atoms with E-state index in [1.54, 1.807) is 0 Å². The van der Waals surface area contributed by atoms with E-state index in [0.717, 1.165) is 0 Å². The quantitative estimate of drug-likeness (QED) is 0.227. The van der Waals surface area contributed by atoms with Crippen molar-refractivity contribution in [3.8, 4) is 0 Å². The van der Waals surface area contributed by atoms with Crippen LogP contribution in [0.2, 0.25) is 0 Å². The van der Waals surface area contributed by atoms with E-state index < -0.39 is 24.4 Å². The molecular formula is H4AgN2O6S2. The first-order valence-electron chi connectivity index (χ1n) is 1.66. The monoisotopic (exact) mass is 299 g/mol. The zero-order valence-corrected chi connectivity index (χ0v) is 7.79. The molecule has 0 atom stereocenters. The minimum absolute atomic E-state index is 0. The maximum atomic E-state index is 9.80. The molecule has 0 aliphatic carbocycles. The number of rotatable bonds is 2. The van der Waals surface area contributed by atoms with Gasteiger partial charge in [-0.3, -0.25) is 9.11 Å². The third-order valence-electron chi connectivity index (χ3n) is 0.455. The van der Waals surface area contributed by atoms with Crippen LogP contribution in [0.4, 0.5) is 0 Å².